The first-order valence-corrected chi connectivity index (χ1v) is 9.56. The predicted octanol–water partition coefficient (Wildman–Crippen LogP) is 4.17. The highest BCUT2D eigenvalue weighted by Crippen LogP contribution is 2.18. The van der Waals surface area contributed by atoms with Gasteiger partial charge in [-0.15, -0.1) is 0 Å². The Labute approximate surface area is 161 Å². The van der Waals surface area contributed by atoms with Crippen molar-refractivity contribution in [1.29, 1.82) is 0 Å². The van der Waals surface area contributed by atoms with Crippen LogP contribution in [0.1, 0.15) is 30.9 Å². The summed E-state index contributed by atoms with van der Waals surface area (Å²) in [5, 5.41) is 3.01. The number of piperazine rings is 1. The molecule has 0 spiro atoms. The molecule has 3 rings (SSSR count). The summed E-state index contributed by atoms with van der Waals surface area (Å²) >= 11 is 0. The summed E-state index contributed by atoms with van der Waals surface area (Å²) in [7, 11) is 1.69. The number of nitrogens with one attached hydrogen (secondary N) is 1. The predicted molar refractivity (Wildman–Crippen MR) is 109 cm³/mol. The smallest absolute Gasteiger partial charge is 0.321 e. The Morgan fingerprint density at radius 3 is 2.41 bits per heavy atom. The van der Waals surface area contributed by atoms with E-state index < -0.39 is 0 Å². The standard InChI is InChI=1S/C22H29N3O2/c1-17(2)19-7-9-20(10-8-19)23-22(26)25-13-11-24(12-14-25)16-18-5-4-6-21(15-18)27-3/h4-10,15,17H,11-14,16H2,1-3H3,(H,23,26). The van der Waals surface area contributed by atoms with E-state index in [0.29, 0.717) is 5.92 Å². The summed E-state index contributed by atoms with van der Waals surface area (Å²) in [6, 6.07) is 16.2. The van der Waals surface area contributed by atoms with Gasteiger partial charge in [-0.3, -0.25) is 4.90 Å². The average Bonchev–Trinajstić information content (AvgIpc) is 2.69. The number of ether oxygens (including phenoxy) is 1. The first-order valence-electron chi connectivity index (χ1n) is 9.56. The molecule has 0 unspecified atom stereocenters. The lowest BCUT2D eigenvalue weighted by molar-refractivity contribution is 0.143. The van der Waals surface area contributed by atoms with Gasteiger partial charge in [-0.05, 0) is 41.3 Å². The summed E-state index contributed by atoms with van der Waals surface area (Å²) in [5.74, 6) is 1.38. The lowest BCUT2D eigenvalue weighted by atomic mass is 10.0. The molecule has 27 heavy (non-hydrogen) atoms. The molecule has 2 amide bonds. The van der Waals surface area contributed by atoms with E-state index >= 15 is 0 Å². The van der Waals surface area contributed by atoms with Crippen LogP contribution in [0.15, 0.2) is 48.5 Å². The highest BCUT2D eigenvalue weighted by molar-refractivity contribution is 5.89. The molecule has 2 aromatic rings. The largest absolute Gasteiger partial charge is 0.497 e. The van der Waals surface area contributed by atoms with Gasteiger partial charge in [-0.25, -0.2) is 4.79 Å². The van der Waals surface area contributed by atoms with Crippen LogP contribution in [0.25, 0.3) is 0 Å². The Bertz CT molecular complexity index is 750. The molecule has 2 aromatic carbocycles. The number of anilines is 1. The maximum atomic E-state index is 12.5. The summed E-state index contributed by atoms with van der Waals surface area (Å²) < 4.78 is 5.29. The Balaban J connectivity index is 1.48. The zero-order valence-corrected chi connectivity index (χ0v) is 16.4. The highest BCUT2D eigenvalue weighted by Gasteiger charge is 2.21. The molecule has 1 N–H and O–H groups in total. The summed E-state index contributed by atoms with van der Waals surface area (Å²) in [6.45, 7) is 8.42. The van der Waals surface area contributed by atoms with Gasteiger partial charge in [0.15, 0.2) is 0 Å². The highest BCUT2D eigenvalue weighted by atomic mass is 16.5. The molecule has 0 bridgehead atoms. The molecule has 0 saturated carbocycles. The zero-order valence-electron chi connectivity index (χ0n) is 16.4. The van der Waals surface area contributed by atoms with Crippen molar-refractivity contribution in [3.05, 3.63) is 59.7 Å². The average molecular weight is 367 g/mol. The summed E-state index contributed by atoms with van der Waals surface area (Å²) in [6.07, 6.45) is 0. The Morgan fingerprint density at radius 1 is 1.07 bits per heavy atom. The third kappa shape index (κ3) is 5.23. The van der Waals surface area contributed by atoms with Crippen molar-refractivity contribution in [2.24, 2.45) is 0 Å². The lowest BCUT2D eigenvalue weighted by Gasteiger charge is -2.34. The van der Waals surface area contributed by atoms with Crippen LogP contribution in [0, 0.1) is 0 Å². The molecule has 5 nitrogen and oxygen atoms in total. The fourth-order valence-electron chi connectivity index (χ4n) is 3.29. The topological polar surface area (TPSA) is 44.8 Å². The van der Waals surface area contributed by atoms with Crippen LogP contribution in [0.2, 0.25) is 0 Å². The van der Waals surface area contributed by atoms with Gasteiger partial charge >= 0.3 is 6.03 Å². The number of amides is 2. The number of hydrogen-bond donors (Lipinski definition) is 1. The number of rotatable bonds is 5. The molecular formula is C22H29N3O2. The van der Waals surface area contributed by atoms with Crippen molar-refractivity contribution in [2.45, 2.75) is 26.3 Å². The van der Waals surface area contributed by atoms with E-state index in [1.54, 1.807) is 7.11 Å². The van der Waals surface area contributed by atoms with Crippen LogP contribution >= 0.6 is 0 Å². The van der Waals surface area contributed by atoms with Gasteiger partial charge in [0.25, 0.3) is 0 Å². The van der Waals surface area contributed by atoms with Crippen LogP contribution in [0.3, 0.4) is 0 Å². The maximum absolute atomic E-state index is 12.5. The van der Waals surface area contributed by atoms with Crippen molar-refractivity contribution in [2.75, 3.05) is 38.6 Å². The molecule has 0 aromatic heterocycles. The number of urea groups is 1. The van der Waals surface area contributed by atoms with E-state index in [4.69, 9.17) is 4.74 Å². The summed E-state index contributed by atoms with van der Waals surface area (Å²) in [4.78, 5) is 16.8. The Kier molecular flexibility index (Phi) is 6.35. The fourth-order valence-corrected chi connectivity index (χ4v) is 3.29. The maximum Gasteiger partial charge on any atom is 0.321 e. The van der Waals surface area contributed by atoms with E-state index in [-0.39, 0.29) is 6.03 Å². The molecule has 1 fully saturated rings. The first kappa shape index (κ1) is 19.2. The molecule has 5 heteroatoms. The second-order valence-corrected chi connectivity index (χ2v) is 7.32. The minimum Gasteiger partial charge on any atom is -0.497 e. The van der Waals surface area contributed by atoms with Crippen molar-refractivity contribution in [3.8, 4) is 5.75 Å². The molecule has 1 saturated heterocycles. The first-order chi connectivity index (χ1) is 13.0. The van der Waals surface area contributed by atoms with Crippen LogP contribution in [0.4, 0.5) is 10.5 Å². The number of hydrogen-bond acceptors (Lipinski definition) is 3. The monoisotopic (exact) mass is 367 g/mol. The van der Waals surface area contributed by atoms with Gasteiger partial charge in [0, 0.05) is 38.4 Å². The van der Waals surface area contributed by atoms with Crippen molar-refractivity contribution >= 4 is 11.7 Å². The SMILES string of the molecule is COc1cccc(CN2CCN(C(=O)Nc3ccc(C(C)C)cc3)CC2)c1. The Morgan fingerprint density at radius 2 is 1.78 bits per heavy atom. The molecule has 1 aliphatic rings. The number of benzene rings is 2. The van der Waals surface area contributed by atoms with Gasteiger partial charge < -0.3 is 15.0 Å². The van der Waals surface area contributed by atoms with E-state index in [0.717, 1.165) is 44.2 Å². The van der Waals surface area contributed by atoms with Crippen molar-refractivity contribution < 1.29 is 9.53 Å². The quantitative estimate of drug-likeness (QED) is 0.863. The molecule has 1 aliphatic heterocycles. The summed E-state index contributed by atoms with van der Waals surface area (Å²) in [5.41, 5.74) is 3.36. The van der Waals surface area contributed by atoms with Gasteiger partial charge in [-0.1, -0.05) is 38.1 Å². The third-order valence-corrected chi connectivity index (χ3v) is 5.03. The molecule has 1 heterocycles. The Hall–Kier alpha value is -2.53. The fraction of sp³-hybridized carbons (Fsp3) is 0.409. The normalized spacial score (nSPS) is 15.0. The third-order valence-electron chi connectivity index (χ3n) is 5.03. The second-order valence-electron chi connectivity index (χ2n) is 7.32. The van der Waals surface area contributed by atoms with Crippen LogP contribution < -0.4 is 10.1 Å². The van der Waals surface area contributed by atoms with Gasteiger partial charge in [0.2, 0.25) is 0 Å². The zero-order chi connectivity index (χ0) is 19.2. The molecule has 0 radical (unpaired) electrons. The minimum atomic E-state index is -0.0201. The molecule has 144 valence electrons. The lowest BCUT2D eigenvalue weighted by Crippen LogP contribution is -2.49. The van der Waals surface area contributed by atoms with Crippen molar-refractivity contribution in [3.63, 3.8) is 0 Å². The van der Waals surface area contributed by atoms with E-state index in [1.165, 1.54) is 11.1 Å². The van der Waals surface area contributed by atoms with E-state index in [1.807, 2.05) is 29.2 Å². The van der Waals surface area contributed by atoms with Gasteiger partial charge in [0.1, 0.15) is 5.75 Å². The number of carbonyl (C=O) groups excluding carboxylic acids is 1. The van der Waals surface area contributed by atoms with Crippen LogP contribution in [-0.2, 0) is 6.54 Å². The van der Waals surface area contributed by atoms with Crippen LogP contribution in [0.5, 0.6) is 5.75 Å². The number of methoxy groups -OCH3 is 1. The number of nitrogens with zero attached hydrogens (tertiary/aromatic N) is 2. The van der Waals surface area contributed by atoms with E-state index in [2.05, 4.69) is 48.3 Å². The van der Waals surface area contributed by atoms with Gasteiger partial charge in [-0.2, -0.15) is 0 Å². The molecule has 0 atom stereocenters. The van der Waals surface area contributed by atoms with E-state index in [9.17, 15) is 4.79 Å². The number of carbonyl (C=O) groups is 1. The van der Waals surface area contributed by atoms with Crippen molar-refractivity contribution in [1.82, 2.24) is 9.80 Å². The van der Waals surface area contributed by atoms with Crippen LogP contribution in [-0.4, -0.2) is 49.1 Å². The van der Waals surface area contributed by atoms with Gasteiger partial charge in [0.05, 0.1) is 7.11 Å². The molecular weight excluding hydrogens is 338 g/mol. The minimum absolute atomic E-state index is 0.0201. The second kappa shape index (κ2) is 8.91. The molecule has 0 aliphatic carbocycles.